The minimum Gasteiger partial charge on any atom is -0.507 e. The van der Waals surface area contributed by atoms with Crippen LogP contribution in [0.2, 0.25) is 0 Å². The summed E-state index contributed by atoms with van der Waals surface area (Å²) >= 11 is 0. The van der Waals surface area contributed by atoms with E-state index >= 15 is 0 Å². The molecule has 0 spiro atoms. The fraction of sp³-hybridized carbons (Fsp3) is 0.333. The molecule has 2 heterocycles. The molecule has 0 radical (unpaired) electrons. The van der Waals surface area contributed by atoms with E-state index < -0.39 is 17.7 Å². The van der Waals surface area contributed by atoms with Gasteiger partial charge in [-0.3, -0.25) is 14.5 Å². The van der Waals surface area contributed by atoms with Crippen LogP contribution in [0.4, 0.5) is 0 Å². The van der Waals surface area contributed by atoms with Gasteiger partial charge < -0.3 is 19.5 Å². The molecule has 3 aromatic rings. The predicted molar refractivity (Wildman–Crippen MR) is 154 cm³/mol. The first kappa shape index (κ1) is 27.6. The molecule has 208 valence electrons. The Morgan fingerprint density at radius 3 is 2.38 bits per heavy atom. The van der Waals surface area contributed by atoms with Gasteiger partial charge in [0.05, 0.1) is 24.8 Å². The van der Waals surface area contributed by atoms with Crippen molar-refractivity contribution < 1.29 is 24.2 Å². The minimum atomic E-state index is -0.654. The summed E-state index contributed by atoms with van der Waals surface area (Å²) in [6.45, 7) is 8.67. The number of morpholine rings is 1. The van der Waals surface area contributed by atoms with Crippen LogP contribution in [0.1, 0.15) is 40.3 Å². The molecule has 2 fully saturated rings. The molecule has 3 aromatic carbocycles. The molecule has 7 nitrogen and oxygen atoms in total. The molecule has 1 amide bonds. The molecule has 5 rings (SSSR count). The molecule has 0 bridgehead atoms. The van der Waals surface area contributed by atoms with Gasteiger partial charge in [-0.25, -0.2) is 0 Å². The molecule has 40 heavy (non-hydrogen) atoms. The van der Waals surface area contributed by atoms with Crippen molar-refractivity contribution in [3.05, 3.63) is 106 Å². The summed E-state index contributed by atoms with van der Waals surface area (Å²) in [6, 6.07) is 22.4. The number of aryl methyl sites for hydroxylation is 2. The van der Waals surface area contributed by atoms with E-state index in [1.807, 2.05) is 74.5 Å². The Balaban J connectivity index is 1.42. The van der Waals surface area contributed by atoms with Crippen molar-refractivity contribution in [1.82, 2.24) is 9.80 Å². The van der Waals surface area contributed by atoms with E-state index in [-0.39, 0.29) is 11.3 Å². The number of rotatable bonds is 9. The third kappa shape index (κ3) is 6.11. The van der Waals surface area contributed by atoms with E-state index in [9.17, 15) is 14.7 Å². The Morgan fingerprint density at radius 2 is 1.68 bits per heavy atom. The lowest BCUT2D eigenvalue weighted by molar-refractivity contribution is -0.140. The lowest BCUT2D eigenvalue weighted by atomic mass is 9.93. The molecule has 2 aliphatic heterocycles. The monoisotopic (exact) mass is 540 g/mol. The van der Waals surface area contributed by atoms with Gasteiger partial charge in [0.15, 0.2) is 0 Å². The topological polar surface area (TPSA) is 79.3 Å². The van der Waals surface area contributed by atoms with Crippen molar-refractivity contribution in [3.8, 4) is 5.75 Å². The number of aliphatic hydroxyl groups excluding tert-OH is 1. The normalized spacial score (nSPS) is 19.2. The molecule has 0 unspecified atom stereocenters. The molecular formula is C33H36N2O5. The number of likely N-dealkylation sites (tertiary alicyclic amines) is 1. The SMILES string of the molecule is Cc1ccc([C@H]2/C(=C(\O)c3ccc(OCc4ccccc4)cc3C)C(=O)C(=O)N2CCCN2CCOCC2)cc1. The number of amides is 1. The maximum Gasteiger partial charge on any atom is 0.295 e. The largest absolute Gasteiger partial charge is 0.507 e. The van der Waals surface area contributed by atoms with Crippen molar-refractivity contribution in [2.75, 3.05) is 39.4 Å². The lowest BCUT2D eigenvalue weighted by Crippen LogP contribution is -2.38. The zero-order chi connectivity index (χ0) is 28.1. The number of Topliss-reactive ketones (excluding diaryl/α,β-unsaturated/α-hetero) is 1. The predicted octanol–water partition coefficient (Wildman–Crippen LogP) is 5.03. The smallest absolute Gasteiger partial charge is 0.295 e. The lowest BCUT2D eigenvalue weighted by Gasteiger charge is -2.29. The number of hydrogen-bond acceptors (Lipinski definition) is 6. The van der Waals surface area contributed by atoms with Crippen LogP contribution < -0.4 is 4.74 Å². The first-order valence-corrected chi connectivity index (χ1v) is 13.8. The Morgan fingerprint density at radius 1 is 0.950 bits per heavy atom. The van der Waals surface area contributed by atoms with Crippen molar-refractivity contribution >= 4 is 17.4 Å². The third-order valence-electron chi connectivity index (χ3n) is 7.61. The Kier molecular flexibility index (Phi) is 8.63. The van der Waals surface area contributed by atoms with Crippen molar-refractivity contribution in [1.29, 1.82) is 0 Å². The van der Waals surface area contributed by atoms with E-state index in [4.69, 9.17) is 9.47 Å². The molecule has 7 heteroatoms. The second-order valence-corrected chi connectivity index (χ2v) is 10.5. The molecular weight excluding hydrogens is 504 g/mol. The second kappa shape index (κ2) is 12.5. The molecule has 2 aliphatic rings. The standard InChI is InChI=1S/C33H36N2O5/c1-23-9-11-26(12-10-23)30-29(32(37)33(38)35(30)16-6-15-34-17-19-39-20-18-34)31(36)28-14-13-27(21-24(28)2)40-22-25-7-4-3-5-8-25/h3-5,7-14,21,30,36H,6,15-20,22H2,1-2H3/b31-29+/t30-/m0/s1. The number of ketones is 1. The van der Waals surface area contributed by atoms with Crippen LogP contribution in [0.3, 0.4) is 0 Å². The van der Waals surface area contributed by atoms with Gasteiger partial charge in [0.25, 0.3) is 11.7 Å². The summed E-state index contributed by atoms with van der Waals surface area (Å²) in [5.41, 5.74) is 4.33. The number of carbonyl (C=O) groups excluding carboxylic acids is 2. The number of benzene rings is 3. The quantitative estimate of drug-likeness (QED) is 0.233. The van der Waals surface area contributed by atoms with Crippen molar-refractivity contribution in [2.24, 2.45) is 0 Å². The van der Waals surface area contributed by atoms with Gasteiger partial charge >= 0.3 is 0 Å². The highest BCUT2D eigenvalue weighted by atomic mass is 16.5. The van der Waals surface area contributed by atoms with Crippen LogP contribution in [0, 0.1) is 13.8 Å². The number of carbonyl (C=O) groups is 2. The van der Waals surface area contributed by atoms with Crippen LogP contribution in [-0.4, -0.2) is 66.0 Å². The molecule has 2 saturated heterocycles. The van der Waals surface area contributed by atoms with E-state index in [0.29, 0.717) is 37.7 Å². The van der Waals surface area contributed by atoms with E-state index in [0.717, 1.165) is 48.3 Å². The molecule has 0 saturated carbocycles. The van der Waals surface area contributed by atoms with Crippen LogP contribution in [-0.2, 0) is 20.9 Å². The zero-order valence-electron chi connectivity index (χ0n) is 23.1. The minimum absolute atomic E-state index is 0.126. The van der Waals surface area contributed by atoms with Gasteiger partial charge in [0.1, 0.15) is 18.1 Å². The van der Waals surface area contributed by atoms with E-state index in [2.05, 4.69) is 4.90 Å². The van der Waals surface area contributed by atoms with E-state index in [1.165, 1.54) is 0 Å². The molecule has 1 N–H and O–H groups in total. The van der Waals surface area contributed by atoms with Gasteiger partial charge in [-0.1, -0.05) is 60.2 Å². The van der Waals surface area contributed by atoms with Crippen LogP contribution in [0.25, 0.3) is 5.76 Å². The molecule has 0 aliphatic carbocycles. The summed E-state index contributed by atoms with van der Waals surface area (Å²) in [5, 5.41) is 11.5. The fourth-order valence-corrected chi connectivity index (χ4v) is 5.37. The Labute approximate surface area is 235 Å². The highest BCUT2D eigenvalue weighted by molar-refractivity contribution is 6.46. The summed E-state index contributed by atoms with van der Waals surface area (Å²) in [6.07, 6.45) is 0.724. The van der Waals surface area contributed by atoms with Gasteiger partial charge in [-0.05, 0) is 55.2 Å². The van der Waals surface area contributed by atoms with Crippen molar-refractivity contribution in [3.63, 3.8) is 0 Å². The second-order valence-electron chi connectivity index (χ2n) is 10.5. The van der Waals surface area contributed by atoms with Gasteiger partial charge in [-0.2, -0.15) is 0 Å². The summed E-state index contributed by atoms with van der Waals surface area (Å²) in [7, 11) is 0. The number of aliphatic hydroxyl groups is 1. The Bertz CT molecular complexity index is 1380. The van der Waals surface area contributed by atoms with Gasteiger partial charge in [0, 0.05) is 31.7 Å². The summed E-state index contributed by atoms with van der Waals surface area (Å²) in [5.74, 6) is -0.726. The Hall–Kier alpha value is -3.94. The highest BCUT2D eigenvalue weighted by Crippen LogP contribution is 2.40. The first-order chi connectivity index (χ1) is 19.4. The average molecular weight is 541 g/mol. The number of ether oxygens (including phenoxy) is 2. The van der Waals surface area contributed by atoms with E-state index in [1.54, 1.807) is 17.0 Å². The third-order valence-corrected chi connectivity index (χ3v) is 7.61. The molecule has 0 aromatic heterocycles. The summed E-state index contributed by atoms with van der Waals surface area (Å²) < 4.78 is 11.4. The van der Waals surface area contributed by atoms with Crippen LogP contribution >= 0.6 is 0 Å². The maximum atomic E-state index is 13.4. The van der Waals surface area contributed by atoms with Crippen molar-refractivity contribution in [2.45, 2.75) is 32.9 Å². The average Bonchev–Trinajstić information content (AvgIpc) is 3.22. The van der Waals surface area contributed by atoms with Gasteiger partial charge in [0.2, 0.25) is 0 Å². The van der Waals surface area contributed by atoms with Gasteiger partial charge in [-0.15, -0.1) is 0 Å². The zero-order valence-corrected chi connectivity index (χ0v) is 23.1. The number of hydrogen-bond donors (Lipinski definition) is 1. The first-order valence-electron chi connectivity index (χ1n) is 13.8. The fourth-order valence-electron chi connectivity index (χ4n) is 5.37. The maximum absolute atomic E-state index is 13.4. The van der Waals surface area contributed by atoms with Crippen LogP contribution in [0.15, 0.2) is 78.4 Å². The summed E-state index contributed by atoms with van der Waals surface area (Å²) in [4.78, 5) is 30.7. The molecule has 1 atom stereocenters. The highest BCUT2D eigenvalue weighted by Gasteiger charge is 2.46. The van der Waals surface area contributed by atoms with Crippen LogP contribution in [0.5, 0.6) is 5.75 Å². The number of nitrogens with zero attached hydrogens (tertiary/aromatic N) is 2.